The van der Waals surface area contributed by atoms with Crippen molar-refractivity contribution in [2.75, 3.05) is 23.8 Å². The largest absolute Gasteiger partial charge is 0.463 e. The number of ether oxygens (including phenoxy) is 2. The second-order valence-corrected chi connectivity index (χ2v) is 12.8. The molecule has 2 heterocycles. The summed E-state index contributed by atoms with van der Waals surface area (Å²) in [4.78, 5) is 32.8. The molecule has 0 unspecified atom stereocenters. The average Bonchev–Trinajstić information content (AvgIpc) is 3.71. The molecule has 0 aromatic heterocycles. The molecule has 4 aromatic carbocycles. The highest BCUT2D eigenvalue weighted by atomic mass is 35.5. The molecule has 260 valence electrons. The second kappa shape index (κ2) is 17.2. The van der Waals surface area contributed by atoms with Crippen molar-refractivity contribution in [2.45, 2.75) is 37.8 Å². The Bertz CT molecular complexity index is 1750. The Labute approximate surface area is 303 Å². The van der Waals surface area contributed by atoms with Gasteiger partial charge in [-0.15, -0.1) is 0 Å². The molecule has 0 aliphatic carbocycles. The molecular weight excluding hydrogens is 706 g/mol. The highest BCUT2D eigenvalue weighted by molar-refractivity contribution is 6.37. The summed E-state index contributed by atoms with van der Waals surface area (Å²) in [5.74, 6) is -1.45. The summed E-state index contributed by atoms with van der Waals surface area (Å²) in [6.45, 7) is 1.06. The SMILES string of the molecule is NC1=N[C@@H](CCc2ccc(NC(=O)c3ccc(Cl)cc3Cl)cc2)CO1.NC1=N[C@@H](CCc2ccc(NC(=O)c3ccc(Cl)cc3F)cc2)CO1. The first-order valence-electron chi connectivity index (χ1n) is 15.6. The third kappa shape index (κ3) is 10.6. The highest BCUT2D eigenvalue weighted by Crippen LogP contribution is 2.23. The second-order valence-electron chi connectivity index (χ2n) is 11.5. The number of benzene rings is 4. The van der Waals surface area contributed by atoms with Gasteiger partial charge in [-0.25, -0.2) is 14.4 Å². The Morgan fingerprint density at radius 1 is 0.680 bits per heavy atom. The van der Waals surface area contributed by atoms with Gasteiger partial charge in [-0.2, -0.15) is 0 Å². The van der Waals surface area contributed by atoms with Crippen LogP contribution < -0.4 is 22.1 Å². The van der Waals surface area contributed by atoms with Crippen molar-refractivity contribution in [3.63, 3.8) is 0 Å². The zero-order valence-electron chi connectivity index (χ0n) is 26.7. The van der Waals surface area contributed by atoms with Crippen LogP contribution in [-0.4, -0.2) is 49.2 Å². The van der Waals surface area contributed by atoms with Crippen molar-refractivity contribution in [2.24, 2.45) is 21.5 Å². The standard InChI is InChI=1S/C18H17Cl2N3O2.C18H17ClFN3O2/c2*19-12-4-8-15(16(20)9-12)17(24)22-13-5-1-11(2-6-13)3-7-14-10-25-18(21)23-14/h2*1-2,4-6,8-9,14H,3,7,10H2,(H2,21,23)(H,22,24)/t2*14-/m00/s1. The van der Waals surface area contributed by atoms with Gasteiger partial charge in [0.15, 0.2) is 0 Å². The van der Waals surface area contributed by atoms with Gasteiger partial charge in [0.2, 0.25) is 0 Å². The molecule has 14 heteroatoms. The van der Waals surface area contributed by atoms with Crippen molar-refractivity contribution in [1.82, 2.24) is 0 Å². The maximum Gasteiger partial charge on any atom is 0.282 e. The molecule has 6 N–H and O–H groups in total. The van der Waals surface area contributed by atoms with Crippen LogP contribution in [0.1, 0.15) is 44.7 Å². The number of halogens is 4. The van der Waals surface area contributed by atoms with E-state index in [-0.39, 0.29) is 40.6 Å². The number of hydrogen-bond donors (Lipinski definition) is 4. The van der Waals surface area contributed by atoms with Crippen LogP contribution in [0.4, 0.5) is 15.8 Å². The fraction of sp³-hybridized carbons (Fsp3) is 0.222. The van der Waals surface area contributed by atoms with Gasteiger partial charge < -0.3 is 31.6 Å². The Balaban J connectivity index is 0.000000194. The summed E-state index contributed by atoms with van der Waals surface area (Å²) in [6.07, 6.45) is 3.39. The summed E-state index contributed by atoms with van der Waals surface area (Å²) < 4.78 is 24.0. The van der Waals surface area contributed by atoms with Crippen LogP contribution in [0.15, 0.2) is 94.9 Å². The zero-order chi connectivity index (χ0) is 35.6. The molecule has 2 aliphatic rings. The topological polar surface area (TPSA) is 153 Å². The minimum absolute atomic E-state index is 0.0508. The number of amidine groups is 2. The molecule has 50 heavy (non-hydrogen) atoms. The van der Waals surface area contributed by atoms with Crippen LogP contribution in [-0.2, 0) is 22.3 Å². The van der Waals surface area contributed by atoms with Crippen molar-refractivity contribution >= 4 is 70.0 Å². The molecule has 0 saturated heterocycles. The molecule has 0 spiro atoms. The van der Waals surface area contributed by atoms with E-state index in [1.54, 1.807) is 30.3 Å². The van der Waals surface area contributed by atoms with Gasteiger partial charge in [-0.05, 0) is 97.5 Å². The summed E-state index contributed by atoms with van der Waals surface area (Å²) in [6, 6.07) is 24.5. The minimum Gasteiger partial charge on any atom is -0.463 e. The van der Waals surface area contributed by atoms with Gasteiger partial charge in [-0.1, -0.05) is 59.1 Å². The normalized spacial score (nSPS) is 16.2. The fourth-order valence-corrected chi connectivity index (χ4v) is 5.74. The number of rotatable bonds is 10. The summed E-state index contributed by atoms with van der Waals surface area (Å²) in [5, 5.41) is 6.55. The van der Waals surface area contributed by atoms with Crippen LogP contribution in [0.3, 0.4) is 0 Å². The molecule has 4 aromatic rings. The molecule has 0 fully saturated rings. The summed E-state index contributed by atoms with van der Waals surface area (Å²) in [5.41, 5.74) is 14.9. The van der Waals surface area contributed by atoms with Crippen LogP contribution in [0.5, 0.6) is 0 Å². The monoisotopic (exact) mass is 738 g/mol. The van der Waals surface area contributed by atoms with E-state index in [1.165, 1.54) is 12.1 Å². The lowest BCUT2D eigenvalue weighted by Gasteiger charge is -2.09. The number of hydrogen-bond acceptors (Lipinski definition) is 8. The number of carbonyl (C=O) groups is 2. The third-order valence-corrected chi connectivity index (χ3v) is 8.56. The number of anilines is 2. The predicted molar refractivity (Wildman–Crippen MR) is 196 cm³/mol. The van der Waals surface area contributed by atoms with E-state index in [0.29, 0.717) is 40.2 Å². The molecular formula is C36H34Cl3FN6O4. The van der Waals surface area contributed by atoms with Crippen molar-refractivity contribution in [1.29, 1.82) is 0 Å². The molecule has 0 saturated carbocycles. The van der Waals surface area contributed by atoms with Gasteiger partial charge in [0, 0.05) is 21.4 Å². The summed E-state index contributed by atoms with van der Waals surface area (Å²) >= 11 is 17.6. The van der Waals surface area contributed by atoms with Gasteiger partial charge in [0.05, 0.1) is 28.2 Å². The lowest BCUT2D eigenvalue weighted by Crippen LogP contribution is -2.13. The lowest BCUT2D eigenvalue weighted by molar-refractivity contribution is 0.101. The van der Waals surface area contributed by atoms with Gasteiger partial charge in [-0.3, -0.25) is 9.59 Å². The van der Waals surface area contributed by atoms with E-state index in [4.69, 9.17) is 55.7 Å². The number of nitrogens with zero attached hydrogens (tertiary/aromatic N) is 2. The maximum absolute atomic E-state index is 13.8. The Hall–Kier alpha value is -4.84. The van der Waals surface area contributed by atoms with Crippen molar-refractivity contribution in [3.05, 3.63) is 128 Å². The van der Waals surface area contributed by atoms with E-state index >= 15 is 0 Å². The zero-order valence-corrected chi connectivity index (χ0v) is 28.9. The smallest absolute Gasteiger partial charge is 0.282 e. The van der Waals surface area contributed by atoms with E-state index < -0.39 is 11.7 Å². The molecule has 2 atom stereocenters. The number of nitrogens with two attached hydrogens (primary N) is 2. The molecule has 0 radical (unpaired) electrons. The number of nitrogens with one attached hydrogen (secondary N) is 2. The van der Waals surface area contributed by atoms with E-state index in [9.17, 15) is 14.0 Å². The maximum atomic E-state index is 13.8. The highest BCUT2D eigenvalue weighted by Gasteiger charge is 2.18. The third-order valence-electron chi connectivity index (χ3n) is 7.77. The van der Waals surface area contributed by atoms with Crippen LogP contribution in [0.25, 0.3) is 0 Å². The molecule has 2 aliphatic heterocycles. The first kappa shape index (κ1) is 36.4. The minimum atomic E-state index is -0.653. The Morgan fingerprint density at radius 3 is 1.54 bits per heavy atom. The number of aryl methyl sites for hydroxylation is 2. The number of carbonyl (C=O) groups excluding carboxylic acids is 2. The van der Waals surface area contributed by atoms with E-state index in [2.05, 4.69) is 20.6 Å². The molecule has 10 nitrogen and oxygen atoms in total. The number of aliphatic imine (C=N–C) groups is 2. The lowest BCUT2D eigenvalue weighted by atomic mass is 10.1. The molecule has 0 bridgehead atoms. The molecule has 6 rings (SSSR count). The van der Waals surface area contributed by atoms with Gasteiger partial charge >= 0.3 is 0 Å². The van der Waals surface area contributed by atoms with Crippen molar-refractivity contribution in [3.8, 4) is 0 Å². The van der Waals surface area contributed by atoms with Crippen LogP contribution in [0, 0.1) is 5.82 Å². The first-order valence-corrected chi connectivity index (χ1v) is 16.8. The van der Waals surface area contributed by atoms with Crippen LogP contribution in [0.2, 0.25) is 15.1 Å². The predicted octanol–water partition coefficient (Wildman–Crippen LogP) is 7.27. The van der Waals surface area contributed by atoms with E-state index in [0.717, 1.165) is 42.9 Å². The van der Waals surface area contributed by atoms with E-state index in [1.807, 2.05) is 36.4 Å². The first-order chi connectivity index (χ1) is 24.0. The quantitative estimate of drug-likeness (QED) is 0.134. The number of amides is 2. The summed E-state index contributed by atoms with van der Waals surface area (Å²) in [7, 11) is 0. The Morgan fingerprint density at radius 2 is 1.12 bits per heavy atom. The Kier molecular flexibility index (Phi) is 12.5. The van der Waals surface area contributed by atoms with Gasteiger partial charge in [0.1, 0.15) is 19.0 Å². The fourth-order valence-electron chi connectivity index (χ4n) is 5.09. The van der Waals surface area contributed by atoms with Crippen molar-refractivity contribution < 1.29 is 23.5 Å². The average molecular weight is 740 g/mol. The van der Waals surface area contributed by atoms with Crippen LogP contribution >= 0.6 is 34.8 Å². The molecule has 2 amide bonds. The van der Waals surface area contributed by atoms with Gasteiger partial charge in [0.25, 0.3) is 23.9 Å².